The largest absolute Gasteiger partial charge is 0.495 e. The lowest BCUT2D eigenvalue weighted by Crippen LogP contribution is -2.15. The first kappa shape index (κ1) is 20.7. The molecular weight excluding hydrogens is 412 g/mol. The molecule has 4 aromatic rings. The molecule has 7 nitrogen and oxygen atoms in total. The predicted octanol–water partition coefficient (Wildman–Crippen LogP) is 4.63. The van der Waals surface area contributed by atoms with Crippen molar-refractivity contribution in [1.82, 2.24) is 14.8 Å². The summed E-state index contributed by atoms with van der Waals surface area (Å²) >= 11 is 1.32. The van der Waals surface area contributed by atoms with Crippen LogP contribution < -0.4 is 10.1 Å². The molecule has 0 aliphatic carbocycles. The minimum absolute atomic E-state index is 0.154. The van der Waals surface area contributed by atoms with Gasteiger partial charge in [0.25, 0.3) is 0 Å². The normalized spacial score (nSPS) is 10.8. The Kier molecular flexibility index (Phi) is 6.37. The van der Waals surface area contributed by atoms with Crippen molar-refractivity contribution in [3.63, 3.8) is 0 Å². The third kappa shape index (κ3) is 4.97. The number of thioether (sulfide) groups is 1. The molecule has 0 aliphatic heterocycles. The van der Waals surface area contributed by atoms with E-state index in [2.05, 4.69) is 15.5 Å². The molecule has 0 bridgehead atoms. The van der Waals surface area contributed by atoms with Crippen LogP contribution in [-0.2, 0) is 11.3 Å². The van der Waals surface area contributed by atoms with Gasteiger partial charge in [0.1, 0.15) is 11.5 Å². The van der Waals surface area contributed by atoms with Crippen molar-refractivity contribution < 1.29 is 13.9 Å². The van der Waals surface area contributed by atoms with Crippen LogP contribution in [0.1, 0.15) is 11.3 Å². The van der Waals surface area contributed by atoms with Crippen molar-refractivity contribution in [2.45, 2.75) is 18.6 Å². The molecule has 1 N–H and O–H groups in total. The molecule has 0 atom stereocenters. The summed E-state index contributed by atoms with van der Waals surface area (Å²) in [5, 5.41) is 12.2. The Morgan fingerprint density at radius 3 is 2.65 bits per heavy atom. The zero-order valence-corrected chi connectivity index (χ0v) is 18.1. The SMILES string of the molecule is COc1ccccc1NC(=O)CSc1nnc(-c2ccc(C)cc2)n1Cc1ccco1. The van der Waals surface area contributed by atoms with Crippen molar-refractivity contribution in [2.75, 3.05) is 18.2 Å². The number of amides is 1. The molecule has 158 valence electrons. The number of nitrogens with one attached hydrogen (secondary N) is 1. The summed E-state index contributed by atoms with van der Waals surface area (Å²) in [5.74, 6) is 2.15. The molecular formula is C23H22N4O3S. The lowest BCUT2D eigenvalue weighted by atomic mass is 10.1. The summed E-state index contributed by atoms with van der Waals surface area (Å²) in [6.07, 6.45) is 1.64. The van der Waals surface area contributed by atoms with Gasteiger partial charge in [-0.05, 0) is 31.2 Å². The molecule has 2 heterocycles. The number of hydrogen-bond donors (Lipinski definition) is 1. The third-order valence-corrected chi connectivity index (χ3v) is 5.60. The van der Waals surface area contributed by atoms with Crippen LogP contribution in [0, 0.1) is 6.92 Å². The van der Waals surface area contributed by atoms with Gasteiger partial charge in [0.2, 0.25) is 5.91 Å². The summed E-state index contributed by atoms with van der Waals surface area (Å²) in [6.45, 7) is 2.51. The van der Waals surface area contributed by atoms with Gasteiger partial charge in [-0.25, -0.2) is 0 Å². The predicted molar refractivity (Wildman–Crippen MR) is 120 cm³/mol. The van der Waals surface area contributed by atoms with Crippen LogP contribution in [0.5, 0.6) is 5.75 Å². The monoisotopic (exact) mass is 434 g/mol. The second-order valence-corrected chi connectivity index (χ2v) is 7.82. The maximum absolute atomic E-state index is 12.5. The maximum atomic E-state index is 12.5. The van der Waals surface area contributed by atoms with E-state index in [1.165, 1.54) is 17.3 Å². The standard InChI is InChI=1S/C23H22N4O3S/c1-16-9-11-17(12-10-16)22-25-26-23(27(22)14-18-6-5-13-30-18)31-15-21(28)24-19-7-3-4-8-20(19)29-2/h3-13H,14-15H2,1-2H3,(H,24,28). The Hall–Kier alpha value is -3.52. The smallest absolute Gasteiger partial charge is 0.234 e. The highest BCUT2D eigenvalue weighted by Crippen LogP contribution is 2.27. The number of aryl methyl sites for hydroxylation is 1. The van der Waals surface area contributed by atoms with Gasteiger partial charge in [-0.3, -0.25) is 9.36 Å². The van der Waals surface area contributed by atoms with E-state index in [4.69, 9.17) is 9.15 Å². The van der Waals surface area contributed by atoms with Gasteiger partial charge >= 0.3 is 0 Å². The van der Waals surface area contributed by atoms with Crippen molar-refractivity contribution in [1.29, 1.82) is 0 Å². The summed E-state index contributed by atoms with van der Waals surface area (Å²) in [7, 11) is 1.57. The van der Waals surface area contributed by atoms with Gasteiger partial charge in [0.15, 0.2) is 11.0 Å². The molecule has 0 fully saturated rings. The second kappa shape index (κ2) is 9.53. The van der Waals surface area contributed by atoms with Gasteiger partial charge in [-0.15, -0.1) is 10.2 Å². The van der Waals surface area contributed by atoms with Gasteiger partial charge < -0.3 is 14.5 Å². The first-order valence-corrected chi connectivity index (χ1v) is 10.7. The number of benzene rings is 2. The Morgan fingerprint density at radius 1 is 1.10 bits per heavy atom. The molecule has 0 aliphatic rings. The van der Waals surface area contributed by atoms with E-state index in [-0.39, 0.29) is 11.7 Å². The number of para-hydroxylation sites is 2. The zero-order valence-electron chi connectivity index (χ0n) is 17.2. The van der Waals surface area contributed by atoms with E-state index in [0.29, 0.717) is 23.1 Å². The number of hydrogen-bond acceptors (Lipinski definition) is 6. The second-order valence-electron chi connectivity index (χ2n) is 6.87. The maximum Gasteiger partial charge on any atom is 0.234 e. The summed E-state index contributed by atoms with van der Waals surface area (Å²) < 4.78 is 12.8. The summed E-state index contributed by atoms with van der Waals surface area (Å²) in [6, 6.07) is 19.2. The third-order valence-electron chi connectivity index (χ3n) is 4.63. The Bertz CT molecular complexity index is 1150. The highest BCUT2D eigenvalue weighted by molar-refractivity contribution is 7.99. The van der Waals surface area contributed by atoms with Crippen LogP contribution in [0.2, 0.25) is 0 Å². The Morgan fingerprint density at radius 2 is 1.90 bits per heavy atom. The molecule has 31 heavy (non-hydrogen) atoms. The van der Waals surface area contributed by atoms with E-state index in [9.17, 15) is 4.79 Å². The number of ether oxygens (including phenoxy) is 1. The van der Waals surface area contributed by atoms with Crippen LogP contribution in [-0.4, -0.2) is 33.5 Å². The minimum Gasteiger partial charge on any atom is -0.495 e. The van der Waals surface area contributed by atoms with Crippen molar-refractivity contribution in [3.05, 3.63) is 78.3 Å². The van der Waals surface area contributed by atoms with Gasteiger partial charge in [-0.1, -0.05) is 53.7 Å². The number of furan rings is 1. The molecule has 8 heteroatoms. The average Bonchev–Trinajstić information content (AvgIpc) is 3.44. The van der Waals surface area contributed by atoms with Crippen molar-refractivity contribution in [3.8, 4) is 17.1 Å². The fourth-order valence-corrected chi connectivity index (χ4v) is 3.81. The van der Waals surface area contributed by atoms with Crippen LogP contribution in [0.15, 0.2) is 76.5 Å². The quantitative estimate of drug-likeness (QED) is 0.407. The molecule has 1 amide bonds. The fraction of sp³-hybridized carbons (Fsp3) is 0.174. The number of methoxy groups -OCH3 is 1. The first-order chi connectivity index (χ1) is 15.1. The first-order valence-electron chi connectivity index (χ1n) is 9.72. The van der Waals surface area contributed by atoms with Crippen LogP contribution >= 0.6 is 11.8 Å². The van der Waals surface area contributed by atoms with Crippen molar-refractivity contribution >= 4 is 23.4 Å². The van der Waals surface area contributed by atoms with E-state index in [1.807, 2.05) is 60.0 Å². The average molecular weight is 435 g/mol. The molecule has 4 rings (SSSR count). The molecule has 0 unspecified atom stereocenters. The fourth-order valence-electron chi connectivity index (χ4n) is 3.08. The highest BCUT2D eigenvalue weighted by atomic mass is 32.2. The van der Waals surface area contributed by atoms with Crippen LogP contribution in [0.3, 0.4) is 0 Å². The Labute approximate surface area is 184 Å². The summed E-state index contributed by atoms with van der Waals surface area (Å²) in [5.41, 5.74) is 2.76. The molecule has 0 radical (unpaired) electrons. The molecule has 0 saturated carbocycles. The Balaban J connectivity index is 1.53. The van der Waals surface area contributed by atoms with Gasteiger partial charge in [-0.2, -0.15) is 0 Å². The zero-order chi connectivity index (χ0) is 21.6. The van der Waals surface area contributed by atoms with Crippen molar-refractivity contribution in [2.24, 2.45) is 0 Å². The molecule has 0 saturated heterocycles. The lowest BCUT2D eigenvalue weighted by molar-refractivity contribution is -0.113. The lowest BCUT2D eigenvalue weighted by Gasteiger charge is -2.11. The number of aromatic nitrogens is 3. The number of anilines is 1. The number of carbonyl (C=O) groups is 1. The number of carbonyl (C=O) groups excluding carboxylic acids is 1. The molecule has 2 aromatic heterocycles. The highest BCUT2D eigenvalue weighted by Gasteiger charge is 2.17. The van der Waals surface area contributed by atoms with E-state index >= 15 is 0 Å². The number of rotatable bonds is 8. The molecule has 0 spiro atoms. The van der Waals surface area contributed by atoms with Crippen LogP contribution in [0.25, 0.3) is 11.4 Å². The van der Waals surface area contributed by atoms with E-state index < -0.39 is 0 Å². The topological polar surface area (TPSA) is 82.2 Å². The van der Waals surface area contributed by atoms with E-state index in [1.54, 1.807) is 25.5 Å². The number of nitrogens with zero attached hydrogens (tertiary/aromatic N) is 3. The minimum atomic E-state index is -0.154. The molecule has 2 aromatic carbocycles. The summed E-state index contributed by atoms with van der Waals surface area (Å²) in [4.78, 5) is 12.5. The van der Waals surface area contributed by atoms with Gasteiger partial charge in [0.05, 0.1) is 31.4 Å². The van der Waals surface area contributed by atoms with E-state index in [0.717, 1.165) is 17.1 Å². The van der Waals surface area contributed by atoms with Crippen LogP contribution in [0.4, 0.5) is 5.69 Å². The van der Waals surface area contributed by atoms with Gasteiger partial charge in [0, 0.05) is 5.56 Å².